The molecule has 2 N–H and O–H groups in total. The third-order valence-electron chi connectivity index (χ3n) is 4.30. The van der Waals surface area contributed by atoms with E-state index in [0.29, 0.717) is 6.54 Å². The topological polar surface area (TPSA) is 58.6 Å². The minimum Gasteiger partial charge on any atom is -0.443 e. The van der Waals surface area contributed by atoms with Gasteiger partial charge in [-0.3, -0.25) is 4.90 Å². The SMILES string of the molecule is C/C=C1\C(CN(C)c2ccc(CCN)cc2C)N1C(=O)OC(C)(C)C. The molecule has 1 amide bonds. The van der Waals surface area contributed by atoms with E-state index in [1.807, 2.05) is 33.8 Å². The molecule has 138 valence electrons. The van der Waals surface area contributed by atoms with Crippen LogP contribution in [0, 0.1) is 6.92 Å². The average molecular weight is 345 g/mol. The summed E-state index contributed by atoms with van der Waals surface area (Å²) < 4.78 is 5.49. The molecule has 0 aliphatic carbocycles. The van der Waals surface area contributed by atoms with Gasteiger partial charge in [-0.1, -0.05) is 18.2 Å². The van der Waals surface area contributed by atoms with Gasteiger partial charge in [0.05, 0.1) is 6.04 Å². The highest BCUT2D eigenvalue weighted by Crippen LogP contribution is 2.36. The van der Waals surface area contributed by atoms with Crippen LogP contribution < -0.4 is 10.6 Å². The molecular formula is C20H31N3O2. The Kier molecular flexibility index (Phi) is 5.78. The van der Waals surface area contributed by atoms with Gasteiger partial charge in [0, 0.05) is 25.0 Å². The van der Waals surface area contributed by atoms with Crippen LogP contribution in [-0.2, 0) is 11.2 Å². The van der Waals surface area contributed by atoms with Crippen molar-refractivity contribution < 1.29 is 9.53 Å². The number of hydrogen-bond acceptors (Lipinski definition) is 4. The Hall–Kier alpha value is -2.01. The van der Waals surface area contributed by atoms with Gasteiger partial charge < -0.3 is 15.4 Å². The van der Waals surface area contributed by atoms with Crippen LogP contribution in [0.1, 0.15) is 38.8 Å². The van der Waals surface area contributed by atoms with E-state index in [4.69, 9.17) is 10.5 Å². The zero-order chi connectivity index (χ0) is 18.8. The van der Waals surface area contributed by atoms with Crippen molar-refractivity contribution in [1.29, 1.82) is 0 Å². The molecule has 0 saturated carbocycles. The summed E-state index contributed by atoms with van der Waals surface area (Å²) in [6.07, 6.45) is 2.61. The number of carbonyl (C=O) groups excluding carboxylic acids is 1. The summed E-state index contributed by atoms with van der Waals surface area (Å²) in [5, 5.41) is 0. The number of likely N-dealkylation sites (N-methyl/N-ethyl adjacent to an activating group) is 1. The number of allylic oxidation sites excluding steroid dienone is 1. The fraction of sp³-hybridized carbons (Fsp3) is 0.550. The number of amides is 1. The third-order valence-corrected chi connectivity index (χ3v) is 4.30. The van der Waals surface area contributed by atoms with E-state index >= 15 is 0 Å². The monoisotopic (exact) mass is 345 g/mol. The van der Waals surface area contributed by atoms with Crippen molar-refractivity contribution in [2.75, 3.05) is 25.0 Å². The van der Waals surface area contributed by atoms with Crippen LogP contribution in [0.25, 0.3) is 0 Å². The van der Waals surface area contributed by atoms with Gasteiger partial charge in [0.15, 0.2) is 0 Å². The minimum absolute atomic E-state index is 0.0768. The van der Waals surface area contributed by atoms with Crippen LogP contribution in [0.3, 0.4) is 0 Å². The van der Waals surface area contributed by atoms with Gasteiger partial charge >= 0.3 is 6.09 Å². The molecule has 1 aliphatic rings. The highest BCUT2D eigenvalue weighted by atomic mass is 16.6. The van der Waals surface area contributed by atoms with Crippen LogP contribution in [-0.4, -0.2) is 42.8 Å². The zero-order valence-electron chi connectivity index (χ0n) is 16.3. The summed E-state index contributed by atoms with van der Waals surface area (Å²) in [4.78, 5) is 16.3. The summed E-state index contributed by atoms with van der Waals surface area (Å²) in [6, 6.07) is 6.53. The number of aryl methyl sites for hydroxylation is 1. The van der Waals surface area contributed by atoms with Crippen LogP contribution in [0.15, 0.2) is 30.0 Å². The fourth-order valence-electron chi connectivity index (χ4n) is 3.13. The van der Waals surface area contributed by atoms with Crippen molar-refractivity contribution in [2.45, 2.75) is 52.7 Å². The maximum Gasteiger partial charge on any atom is 0.415 e. The molecule has 1 heterocycles. The lowest BCUT2D eigenvalue weighted by Crippen LogP contribution is -2.31. The average Bonchev–Trinajstić information content (AvgIpc) is 3.18. The lowest BCUT2D eigenvalue weighted by molar-refractivity contribution is 0.0418. The zero-order valence-corrected chi connectivity index (χ0v) is 16.3. The van der Waals surface area contributed by atoms with Crippen LogP contribution in [0.4, 0.5) is 10.5 Å². The molecule has 1 unspecified atom stereocenters. The smallest absolute Gasteiger partial charge is 0.415 e. The third kappa shape index (κ3) is 4.75. The highest BCUT2D eigenvalue weighted by molar-refractivity contribution is 5.77. The van der Waals surface area contributed by atoms with E-state index in [-0.39, 0.29) is 12.1 Å². The Morgan fingerprint density at radius 3 is 2.60 bits per heavy atom. The first-order chi connectivity index (χ1) is 11.7. The van der Waals surface area contributed by atoms with Crippen molar-refractivity contribution in [3.63, 3.8) is 0 Å². The molecule has 1 aromatic rings. The predicted octanol–water partition coefficient (Wildman–Crippen LogP) is 3.46. The van der Waals surface area contributed by atoms with Crippen LogP contribution in [0.5, 0.6) is 0 Å². The standard InChI is InChI=1S/C20H31N3O2/c1-7-16-18(23(16)19(24)25-20(3,4)5)13-22(6)17-9-8-15(10-11-21)12-14(17)2/h7-9,12,18H,10-11,13,21H2,1-6H3/b16-7+. The summed E-state index contributed by atoms with van der Waals surface area (Å²) in [5.41, 5.74) is 9.83. The van der Waals surface area contributed by atoms with Crippen molar-refractivity contribution in [2.24, 2.45) is 5.73 Å². The summed E-state index contributed by atoms with van der Waals surface area (Å²) in [6.45, 7) is 11.1. The van der Waals surface area contributed by atoms with Gasteiger partial charge in [-0.15, -0.1) is 0 Å². The summed E-state index contributed by atoms with van der Waals surface area (Å²) in [7, 11) is 2.06. The molecule has 1 saturated heterocycles. The van der Waals surface area contributed by atoms with Crippen molar-refractivity contribution in [3.05, 3.63) is 41.1 Å². The first-order valence-corrected chi connectivity index (χ1v) is 8.87. The Balaban J connectivity index is 2.05. The number of hydrogen-bond donors (Lipinski definition) is 1. The number of carbonyl (C=O) groups is 1. The second-order valence-electron chi connectivity index (χ2n) is 7.62. The van der Waals surface area contributed by atoms with E-state index in [1.165, 1.54) is 16.8 Å². The Bertz CT molecular complexity index is 661. The first kappa shape index (κ1) is 19.3. The van der Waals surface area contributed by atoms with E-state index < -0.39 is 5.60 Å². The predicted molar refractivity (Wildman–Crippen MR) is 103 cm³/mol. The molecule has 1 aliphatic heterocycles. The molecule has 0 bridgehead atoms. The maximum atomic E-state index is 12.3. The normalized spacial score (nSPS) is 18.4. The first-order valence-electron chi connectivity index (χ1n) is 8.87. The second-order valence-corrected chi connectivity index (χ2v) is 7.62. The largest absolute Gasteiger partial charge is 0.443 e. The van der Waals surface area contributed by atoms with Gasteiger partial charge in [0.2, 0.25) is 0 Å². The maximum absolute atomic E-state index is 12.3. The molecule has 0 aromatic heterocycles. The highest BCUT2D eigenvalue weighted by Gasteiger charge is 2.47. The molecule has 5 nitrogen and oxygen atoms in total. The molecule has 1 atom stereocenters. The van der Waals surface area contributed by atoms with Gasteiger partial charge in [0.1, 0.15) is 5.60 Å². The van der Waals surface area contributed by atoms with Gasteiger partial charge in [0.25, 0.3) is 0 Å². The lowest BCUT2D eigenvalue weighted by atomic mass is 10.1. The van der Waals surface area contributed by atoms with Crippen molar-refractivity contribution >= 4 is 11.8 Å². The molecule has 0 spiro atoms. The molecule has 5 heteroatoms. The Morgan fingerprint density at radius 1 is 1.40 bits per heavy atom. The second kappa shape index (κ2) is 7.48. The lowest BCUT2D eigenvalue weighted by Gasteiger charge is -2.22. The van der Waals surface area contributed by atoms with Crippen molar-refractivity contribution in [3.8, 4) is 0 Å². The molecule has 0 radical (unpaired) electrons. The minimum atomic E-state index is -0.482. The molecule has 1 aromatic carbocycles. The van der Waals surface area contributed by atoms with Gasteiger partial charge in [-0.2, -0.15) is 0 Å². The number of benzene rings is 1. The van der Waals surface area contributed by atoms with E-state index in [9.17, 15) is 4.79 Å². The Labute approximate surface area is 151 Å². The van der Waals surface area contributed by atoms with Gasteiger partial charge in [-0.05, 0) is 64.8 Å². The number of nitrogens with zero attached hydrogens (tertiary/aromatic N) is 2. The summed E-state index contributed by atoms with van der Waals surface area (Å²) in [5.74, 6) is 0. The number of nitrogens with two attached hydrogens (primary N) is 1. The number of anilines is 1. The number of rotatable bonds is 5. The Morgan fingerprint density at radius 2 is 2.08 bits per heavy atom. The number of ether oxygens (including phenoxy) is 1. The van der Waals surface area contributed by atoms with E-state index in [1.54, 1.807) is 4.90 Å². The summed E-state index contributed by atoms with van der Waals surface area (Å²) >= 11 is 0. The fourth-order valence-corrected chi connectivity index (χ4v) is 3.13. The molecule has 2 rings (SSSR count). The van der Waals surface area contributed by atoms with Crippen molar-refractivity contribution in [1.82, 2.24) is 4.90 Å². The van der Waals surface area contributed by atoms with Crippen LogP contribution in [0.2, 0.25) is 0 Å². The van der Waals surface area contributed by atoms with Crippen LogP contribution >= 0.6 is 0 Å². The molecule has 1 fully saturated rings. The molecular weight excluding hydrogens is 314 g/mol. The van der Waals surface area contributed by atoms with E-state index in [0.717, 1.165) is 18.7 Å². The van der Waals surface area contributed by atoms with Gasteiger partial charge in [-0.25, -0.2) is 4.79 Å². The molecule has 25 heavy (non-hydrogen) atoms. The quantitative estimate of drug-likeness (QED) is 0.830. The van der Waals surface area contributed by atoms with E-state index in [2.05, 4.69) is 37.1 Å².